The first kappa shape index (κ1) is 18.5. The highest BCUT2D eigenvalue weighted by atomic mass is 16.5. The van der Waals surface area contributed by atoms with Crippen LogP contribution in [0.1, 0.15) is 31.1 Å². The van der Waals surface area contributed by atoms with Crippen LogP contribution >= 0.6 is 0 Å². The van der Waals surface area contributed by atoms with Crippen LogP contribution in [0.3, 0.4) is 0 Å². The maximum Gasteiger partial charge on any atom is 0.255 e. The Morgan fingerprint density at radius 3 is 2.28 bits per heavy atom. The Labute approximate surface area is 148 Å². The van der Waals surface area contributed by atoms with Gasteiger partial charge in [0.15, 0.2) is 5.78 Å². The van der Waals surface area contributed by atoms with Crippen LogP contribution < -0.4 is 14.8 Å². The number of hydrogen-bond acceptors (Lipinski definition) is 4. The summed E-state index contributed by atoms with van der Waals surface area (Å²) in [6.07, 6.45) is 0. The molecule has 0 saturated heterocycles. The second kappa shape index (κ2) is 7.83. The van der Waals surface area contributed by atoms with Crippen molar-refractivity contribution in [3.05, 3.63) is 54.1 Å². The van der Waals surface area contributed by atoms with Crippen LogP contribution in [0, 0.1) is 5.41 Å². The first-order valence-corrected chi connectivity index (χ1v) is 8.01. The molecule has 5 heteroatoms. The summed E-state index contributed by atoms with van der Waals surface area (Å²) >= 11 is 0. The number of anilines is 1. The van der Waals surface area contributed by atoms with Gasteiger partial charge in [-0.2, -0.15) is 0 Å². The van der Waals surface area contributed by atoms with E-state index in [2.05, 4.69) is 5.32 Å². The molecule has 2 aromatic carbocycles. The Morgan fingerprint density at radius 2 is 1.68 bits per heavy atom. The average molecular weight is 341 g/mol. The van der Waals surface area contributed by atoms with Crippen molar-refractivity contribution in [2.45, 2.75) is 20.8 Å². The monoisotopic (exact) mass is 341 g/mol. The number of ether oxygens (including phenoxy) is 2. The van der Waals surface area contributed by atoms with Gasteiger partial charge in [-0.1, -0.05) is 26.8 Å². The average Bonchev–Trinajstić information content (AvgIpc) is 2.60. The lowest BCUT2D eigenvalue weighted by Crippen LogP contribution is -2.26. The number of methoxy groups -OCH3 is 1. The van der Waals surface area contributed by atoms with E-state index in [0.29, 0.717) is 22.7 Å². The van der Waals surface area contributed by atoms with Crippen molar-refractivity contribution in [1.29, 1.82) is 0 Å². The van der Waals surface area contributed by atoms with Gasteiger partial charge in [0.2, 0.25) is 0 Å². The van der Waals surface area contributed by atoms with E-state index in [4.69, 9.17) is 9.47 Å². The minimum Gasteiger partial charge on any atom is -0.497 e. The highest BCUT2D eigenvalue weighted by Crippen LogP contribution is 2.20. The van der Waals surface area contributed by atoms with Crippen molar-refractivity contribution in [3.8, 4) is 11.5 Å². The number of rotatable bonds is 6. The van der Waals surface area contributed by atoms with Crippen LogP contribution in [-0.4, -0.2) is 25.4 Å². The summed E-state index contributed by atoms with van der Waals surface area (Å²) in [5.74, 6) is 1.01. The Morgan fingerprint density at radius 1 is 1.00 bits per heavy atom. The highest BCUT2D eigenvalue weighted by molar-refractivity contribution is 6.04. The molecule has 0 unspecified atom stereocenters. The summed E-state index contributed by atoms with van der Waals surface area (Å²) in [7, 11) is 1.56. The summed E-state index contributed by atoms with van der Waals surface area (Å²) in [6, 6.07) is 13.8. The zero-order valence-electron chi connectivity index (χ0n) is 15.0. The Hall–Kier alpha value is -2.82. The van der Waals surface area contributed by atoms with Crippen molar-refractivity contribution in [2.75, 3.05) is 19.0 Å². The fourth-order valence-electron chi connectivity index (χ4n) is 1.97. The third-order valence-electron chi connectivity index (χ3n) is 3.65. The number of hydrogen-bond donors (Lipinski definition) is 1. The zero-order chi connectivity index (χ0) is 18.4. The van der Waals surface area contributed by atoms with Crippen LogP contribution in [0.2, 0.25) is 0 Å². The number of nitrogens with one attached hydrogen (secondary N) is 1. The van der Waals surface area contributed by atoms with Gasteiger partial charge in [-0.15, -0.1) is 0 Å². The lowest BCUT2D eigenvalue weighted by molar-refractivity contribution is -0.128. The molecule has 25 heavy (non-hydrogen) atoms. The predicted octanol–water partition coefficient (Wildman–Crippen LogP) is 3.94. The van der Waals surface area contributed by atoms with Crippen LogP contribution in [0.15, 0.2) is 48.5 Å². The van der Waals surface area contributed by atoms with Gasteiger partial charge in [-0.3, -0.25) is 9.59 Å². The number of ketones is 1. The third kappa shape index (κ3) is 5.35. The molecule has 0 bridgehead atoms. The standard InChI is InChI=1S/C20H23NO4/c1-20(2,3)18(22)13-25-16-10-8-15(9-11-16)21-19(23)14-6-5-7-17(12-14)24-4/h5-12H,13H2,1-4H3,(H,21,23). The lowest BCUT2D eigenvalue weighted by Gasteiger charge is -2.16. The van der Waals surface area contributed by atoms with E-state index in [1.165, 1.54) is 0 Å². The van der Waals surface area contributed by atoms with E-state index < -0.39 is 5.41 Å². The number of amides is 1. The minimum atomic E-state index is -0.426. The molecule has 0 aliphatic rings. The topological polar surface area (TPSA) is 64.6 Å². The highest BCUT2D eigenvalue weighted by Gasteiger charge is 2.21. The van der Waals surface area contributed by atoms with E-state index in [1.807, 2.05) is 20.8 Å². The molecule has 2 aromatic rings. The van der Waals surface area contributed by atoms with Gasteiger partial charge in [-0.05, 0) is 42.5 Å². The normalized spacial score (nSPS) is 10.9. The van der Waals surface area contributed by atoms with Crippen molar-refractivity contribution < 1.29 is 19.1 Å². The van der Waals surface area contributed by atoms with Gasteiger partial charge >= 0.3 is 0 Å². The molecule has 1 amide bonds. The van der Waals surface area contributed by atoms with Crippen molar-refractivity contribution in [1.82, 2.24) is 0 Å². The quantitative estimate of drug-likeness (QED) is 0.864. The number of carbonyl (C=O) groups is 2. The molecule has 0 radical (unpaired) electrons. The molecule has 0 spiro atoms. The smallest absolute Gasteiger partial charge is 0.255 e. The Kier molecular flexibility index (Phi) is 5.80. The van der Waals surface area contributed by atoms with Gasteiger partial charge in [0.05, 0.1) is 7.11 Å². The molecule has 0 fully saturated rings. The molecular formula is C20H23NO4. The third-order valence-corrected chi connectivity index (χ3v) is 3.65. The predicted molar refractivity (Wildman–Crippen MR) is 97.3 cm³/mol. The molecule has 2 rings (SSSR count). The van der Waals surface area contributed by atoms with E-state index in [0.717, 1.165) is 0 Å². The number of benzene rings is 2. The molecule has 0 atom stereocenters. The maximum atomic E-state index is 12.2. The first-order chi connectivity index (χ1) is 11.8. The first-order valence-electron chi connectivity index (χ1n) is 8.01. The van der Waals surface area contributed by atoms with E-state index in [-0.39, 0.29) is 18.3 Å². The zero-order valence-corrected chi connectivity index (χ0v) is 15.0. The molecule has 0 aliphatic heterocycles. The van der Waals surface area contributed by atoms with Crippen LogP contribution in [0.5, 0.6) is 11.5 Å². The van der Waals surface area contributed by atoms with E-state index >= 15 is 0 Å². The second-order valence-corrected chi connectivity index (χ2v) is 6.67. The molecule has 0 heterocycles. The van der Waals surface area contributed by atoms with Crippen LogP contribution in [0.4, 0.5) is 5.69 Å². The molecule has 0 aromatic heterocycles. The SMILES string of the molecule is COc1cccc(C(=O)Nc2ccc(OCC(=O)C(C)(C)C)cc2)c1. The summed E-state index contributed by atoms with van der Waals surface area (Å²) in [6.45, 7) is 5.60. The fourth-order valence-corrected chi connectivity index (χ4v) is 1.97. The van der Waals surface area contributed by atoms with E-state index in [1.54, 1.807) is 55.6 Å². The molecular weight excluding hydrogens is 318 g/mol. The molecule has 1 N–H and O–H groups in total. The summed E-state index contributed by atoms with van der Waals surface area (Å²) in [5, 5.41) is 2.81. The van der Waals surface area contributed by atoms with Crippen LogP contribution in [-0.2, 0) is 4.79 Å². The Bertz CT molecular complexity index is 745. The van der Waals surface area contributed by atoms with Gasteiger partial charge in [0.1, 0.15) is 18.1 Å². The lowest BCUT2D eigenvalue weighted by atomic mass is 9.91. The summed E-state index contributed by atoms with van der Waals surface area (Å²) < 4.78 is 10.6. The maximum absolute atomic E-state index is 12.2. The summed E-state index contributed by atoms with van der Waals surface area (Å²) in [4.78, 5) is 24.1. The van der Waals surface area contributed by atoms with Gasteiger partial charge < -0.3 is 14.8 Å². The number of carbonyl (C=O) groups excluding carboxylic acids is 2. The molecule has 0 saturated carbocycles. The van der Waals surface area contributed by atoms with E-state index in [9.17, 15) is 9.59 Å². The van der Waals surface area contributed by atoms with Crippen molar-refractivity contribution in [2.24, 2.45) is 5.41 Å². The Balaban J connectivity index is 1.95. The largest absolute Gasteiger partial charge is 0.497 e. The van der Waals surface area contributed by atoms with Gasteiger partial charge in [0.25, 0.3) is 5.91 Å². The second-order valence-electron chi connectivity index (χ2n) is 6.67. The van der Waals surface area contributed by atoms with Gasteiger partial charge in [-0.25, -0.2) is 0 Å². The minimum absolute atomic E-state index is 0.0268. The molecule has 0 aliphatic carbocycles. The number of Topliss-reactive ketones (excluding diaryl/α,β-unsaturated/α-hetero) is 1. The fraction of sp³-hybridized carbons (Fsp3) is 0.300. The van der Waals surface area contributed by atoms with Crippen LogP contribution in [0.25, 0.3) is 0 Å². The van der Waals surface area contributed by atoms with Crippen molar-refractivity contribution >= 4 is 17.4 Å². The molecule has 132 valence electrons. The summed E-state index contributed by atoms with van der Waals surface area (Å²) in [5.41, 5.74) is 0.725. The van der Waals surface area contributed by atoms with Crippen molar-refractivity contribution in [3.63, 3.8) is 0 Å². The molecule has 5 nitrogen and oxygen atoms in total. The van der Waals surface area contributed by atoms with Gasteiger partial charge in [0, 0.05) is 16.7 Å².